The maximum atomic E-state index is 12.4. The van der Waals surface area contributed by atoms with Crippen LogP contribution >= 0.6 is 15.9 Å². The maximum absolute atomic E-state index is 12.4. The Bertz CT molecular complexity index is 1440. The molecule has 8 heteroatoms. The van der Waals surface area contributed by atoms with Gasteiger partial charge in [-0.2, -0.15) is 10.4 Å². The topological polar surface area (TPSA) is 103 Å². The predicted molar refractivity (Wildman–Crippen MR) is 136 cm³/mol. The lowest BCUT2D eigenvalue weighted by Gasteiger charge is -2.10. The summed E-state index contributed by atoms with van der Waals surface area (Å²) in [5.41, 5.74) is 6.06. The van der Waals surface area contributed by atoms with Crippen molar-refractivity contribution in [3.8, 4) is 23.1 Å². The molecule has 0 fully saturated rings. The molecule has 0 saturated heterocycles. The highest BCUT2D eigenvalue weighted by Crippen LogP contribution is 2.23. The van der Waals surface area contributed by atoms with Gasteiger partial charge in [0.1, 0.15) is 24.0 Å². The Hall–Kier alpha value is -4.22. The van der Waals surface area contributed by atoms with Gasteiger partial charge in [0.2, 0.25) is 5.95 Å². The van der Waals surface area contributed by atoms with Gasteiger partial charge < -0.3 is 4.74 Å². The number of benzene rings is 3. The van der Waals surface area contributed by atoms with Gasteiger partial charge in [-0.15, -0.1) is 0 Å². The van der Waals surface area contributed by atoms with Crippen LogP contribution in [0.25, 0.3) is 11.3 Å². The Balaban J connectivity index is 1.56. The minimum Gasteiger partial charge on any atom is -0.488 e. The second-order valence-corrected chi connectivity index (χ2v) is 8.36. The molecule has 0 unspecified atom stereocenters. The average molecular weight is 514 g/mol. The third-order valence-electron chi connectivity index (χ3n) is 4.90. The van der Waals surface area contributed by atoms with Crippen LogP contribution in [0.3, 0.4) is 0 Å². The summed E-state index contributed by atoms with van der Waals surface area (Å²) in [6.45, 7) is 2.46. The van der Waals surface area contributed by atoms with E-state index < -0.39 is 5.56 Å². The molecule has 3 aromatic carbocycles. The fraction of sp³-hybridized carbons (Fsp3) is 0.0769. The van der Waals surface area contributed by atoms with Crippen LogP contribution in [0.5, 0.6) is 5.75 Å². The number of hydrogen-bond acceptors (Lipinski definition) is 6. The molecular weight excluding hydrogens is 494 g/mol. The van der Waals surface area contributed by atoms with E-state index in [4.69, 9.17) is 4.74 Å². The van der Waals surface area contributed by atoms with Gasteiger partial charge >= 0.3 is 0 Å². The highest BCUT2D eigenvalue weighted by Gasteiger charge is 2.13. The molecule has 168 valence electrons. The molecule has 0 amide bonds. The lowest BCUT2D eigenvalue weighted by molar-refractivity contribution is 0.305. The van der Waals surface area contributed by atoms with Crippen molar-refractivity contribution in [2.45, 2.75) is 13.5 Å². The lowest BCUT2D eigenvalue weighted by atomic mass is 10.1. The molecule has 4 rings (SSSR count). The van der Waals surface area contributed by atoms with Crippen LogP contribution in [0, 0.1) is 18.3 Å². The van der Waals surface area contributed by atoms with Crippen LogP contribution in [0.4, 0.5) is 5.95 Å². The molecule has 4 aromatic rings. The van der Waals surface area contributed by atoms with E-state index in [-0.39, 0.29) is 17.2 Å². The van der Waals surface area contributed by atoms with Gasteiger partial charge in [-0.05, 0) is 30.7 Å². The summed E-state index contributed by atoms with van der Waals surface area (Å²) in [5.74, 6) is 0.776. The van der Waals surface area contributed by atoms with Crippen molar-refractivity contribution < 1.29 is 4.74 Å². The van der Waals surface area contributed by atoms with Crippen molar-refractivity contribution in [1.82, 2.24) is 9.97 Å². The average Bonchev–Trinajstić information content (AvgIpc) is 2.84. The zero-order valence-corrected chi connectivity index (χ0v) is 19.8. The van der Waals surface area contributed by atoms with Crippen molar-refractivity contribution in [2.24, 2.45) is 5.10 Å². The number of ether oxygens (including phenoxy) is 1. The lowest BCUT2D eigenvalue weighted by Crippen LogP contribution is -2.16. The van der Waals surface area contributed by atoms with E-state index in [1.165, 1.54) is 5.56 Å². The number of rotatable bonds is 7. The van der Waals surface area contributed by atoms with Crippen LogP contribution in [-0.4, -0.2) is 16.2 Å². The number of nitrogens with zero attached hydrogens (tertiary/aromatic N) is 3. The molecule has 1 heterocycles. The molecule has 0 atom stereocenters. The molecular formula is C26H20BrN5O2. The molecule has 0 radical (unpaired) electrons. The van der Waals surface area contributed by atoms with E-state index in [9.17, 15) is 10.1 Å². The minimum absolute atomic E-state index is 0.0560. The Morgan fingerprint density at radius 2 is 1.97 bits per heavy atom. The van der Waals surface area contributed by atoms with Crippen LogP contribution in [0.15, 0.2) is 87.2 Å². The first-order valence-corrected chi connectivity index (χ1v) is 11.2. The van der Waals surface area contributed by atoms with Crippen molar-refractivity contribution >= 4 is 28.1 Å². The van der Waals surface area contributed by atoms with Crippen molar-refractivity contribution in [3.63, 3.8) is 0 Å². The summed E-state index contributed by atoms with van der Waals surface area (Å²) in [7, 11) is 0. The summed E-state index contributed by atoms with van der Waals surface area (Å²) in [4.78, 5) is 19.3. The van der Waals surface area contributed by atoms with Crippen LogP contribution in [0.2, 0.25) is 0 Å². The molecule has 34 heavy (non-hydrogen) atoms. The van der Waals surface area contributed by atoms with E-state index in [0.29, 0.717) is 17.9 Å². The smallest absolute Gasteiger partial charge is 0.270 e. The van der Waals surface area contributed by atoms with Crippen LogP contribution in [0.1, 0.15) is 22.3 Å². The monoisotopic (exact) mass is 513 g/mol. The van der Waals surface area contributed by atoms with Crippen molar-refractivity contribution in [3.05, 3.63) is 110 Å². The predicted octanol–water partition coefficient (Wildman–Crippen LogP) is 5.40. The zero-order chi connectivity index (χ0) is 23.9. The molecule has 0 aliphatic heterocycles. The van der Waals surface area contributed by atoms with E-state index in [1.807, 2.05) is 67.6 Å². The van der Waals surface area contributed by atoms with Gasteiger partial charge in [-0.25, -0.2) is 10.4 Å². The Morgan fingerprint density at radius 3 is 2.74 bits per heavy atom. The second kappa shape index (κ2) is 10.6. The molecule has 0 saturated carbocycles. The first-order valence-electron chi connectivity index (χ1n) is 10.4. The Kier molecular flexibility index (Phi) is 7.16. The van der Waals surface area contributed by atoms with E-state index in [0.717, 1.165) is 15.6 Å². The molecule has 0 spiro atoms. The summed E-state index contributed by atoms with van der Waals surface area (Å²) in [6.07, 6.45) is 1.58. The SMILES string of the molecule is Cc1cccc(COc2ccc(Br)cc2C=NNc2nc(-c3ccccc3)c(C#N)c(=O)[nH]2)c1. The summed E-state index contributed by atoms with van der Waals surface area (Å²) in [5, 5.41) is 13.6. The number of nitriles is 1. The number of H-pyrrole nitrogens is 1. The van der Waals surface area contributed by atoms with Gasteiger partial charge in [0.15, 0.2) is 0 Å². The fourth-order valence-electron chi connectivity index (χ4n) is 3.31. The number of hydrazone groups is 1. The third-order valence-corrected chi connectivity index (χ3v) is 5.39. The highest BCUT2D eigenvalue weighted by atomic mass is 79.9. The summed E-state index contributed by atoms with van der Waals surface area (Å²) in [6, 6.07) is 24.7. The highest BCUT2D eigenvalue weighted by molar-refractivity contribution is 9.10. The quantitative estimate of drug-likeness (QED) is 0.254. The molecule has 1 aromatic heterocycles. The zero-order valence-electron chi connectivity index (χ0n) is 18.2. The van der Waals surface area contributed by atoms with E-state index in [2.05, 4.69) is 42.5 Å². The molecule has 0 aliphatic carbocycles. The number of aromatic amines is 1. The van der Waals surface area contributed by atoms with E-state index in [1.54, 1.807) is 18.3 Å². The number of aryl methyl sites for hydroxylation is 1. The summed E-state index contributed by atoms with van der Waals surface area (Å²) < 4.78 is 6.88. The van der Waals surface area contributed by atoms with Crippen molar-refractivity contribution in [2.75, 3.05) is 5.43 Å². The van der Waals surface area contributed by atoms with Gasteiger partial charge in [0.05, 0.1) is 11.9 Å². The normalized spacial score (nSPS) is 10.7. The Morgan fingerprint density at radius 1 is 1.15 bits per heavy atom. The number of hydrogen-bond donors (Lipinski definition) is 2. The molecule has 0 aliphatic rings. The number of anilines is 1. The van der Waals surface area contributed by atoms with Gasteiger partial charge in [0.25, 0.3) is 5.56 Å². The third kappa shape index (κ3) is 5.57. The van der Waals surface area contributed by atoms with Crippen molar-refractivity contribution in [1.29, 1.82) is 5.26 Å². The Labute approximate surface area is 204 Å². The maximum Gasteiger partial charge on any atom is 0.270 e. The standard InChI is InChI=1S/C26H20BrN5O2/c1-17-6-5-7-18(12-17)16-34-23-11-10-21(27)13-20(23)15-29-32-26-30-24(19-8-3-2-4-9-19)22(14-28)25(33)31-26/h2-13,15H,16H2,1H3,(H2,30,31,32,33). The molecule has 7 nitrogen and oxygen atoms in total. The number of aromatic nitrogens is 2. The first-order chi connectivity index (χ1) is 16.5. The molecule has 0 bridgehead atoms. The fourth-order valence-corrected chi connectivity index (χ4v) is 3.69. The number of nitrogens with one attached hydrogen (secondary N) is 2. The first kappa shape index (κ1) is 23.0. The second-order valence-electron chi connectivity index (χ2n) is 7.45. The van der Waals surface area contributed by atoms with Crippen LogP contribution in [-0.2, 0) is 6.61 Å². The number of halogens is 1. The van der Waals surface area contributed by atoms with Crippen LogP contribution < -0.4 is 15.7 Å². The summed E-state index contributed by atoms with van der Waals surface area (Å²) >= 11 is 3.47. The van der Waals surface area contributed by atoms with Gasteiger partial charge in [-0.1, -0.05) is 76.1 Å². The largest absolute Gasteiger partial charge is 0.488 e. The molecule has 2 N–H and O–H groups in total. The van der Waals surface area contributed by atoms with E-state index >= 15 is 0 Å². The minimum atomic E-state index is -0.543. The van der Waals surface area contributed by atoms with Gasteiger partial charge in [0, 0.05) is 15.6 Å². The van der Waals surface area contributed by atoms with Gasteiger partial charge in [-0.3, -0.25) is 9.78 Å².